The van der Waals surface area contributed by atoms with Gasteiger partial charge in [-0.2, -0.15) is 20.0 Å². The summed E-state index contributed by atoms with van der Waals surface area (Å²) >= 11 is 0. The molecule has 1 aliphatic rings. The zero-order valence-electron chi connectivity index (χ0n) is 17.7. The van der Waals surface area contributed by atoms with Gasteiger partial charge in [-0.3, -0.25) is 4.79 Å². The van der Waals surface area contributed by atoms with Crippen LogP contribution in [0.25, 0.3) is 17.1 Å². The number of methoxy groups -OCH3 is 1. The van der Waals surface area contributed by atoms with Gasteiger partial charge in [0.25, 0.3) is 5.91 Å². The molecule has 0 bridgehead atoms. The summed E-state index contributed by atoms with van der Waals surface area (Å²) < 4.78 is 38.8. The Balaban J connectivity index is 1.47. The molecule has 0 spiro atoms. The first-order valence-corrected chi connectivity index (χ1v) is 10.1. The number of benzene rings is 2. The molecule has 1 fully saturated rings. The zero-order valence-corrected chi connectivity index (χ0v) is 17.7. The van der Waals surface area contributed by atoms with E-state index in [-0.39, 0.29) is 34.5 Å². The van der Waals surface area contributed by atoms with Crippen LogP contribution in [0.1, 0.15) is 34.3 Å². The monoisotopic (exact) mass is 452 g/mol. The quantitative estimate of drug-likeness (QED) is 0.457. The maximum Gasteiger partial charge on any atom is 0.256 e. The molecule has 33 heavy (non-hydrogen) atoms. The lowest BCUT2D eigenvalue weighted by molar-refractivity contribution is 0.0378. The third kappa shape index (κ3) is 3.51. The maximum atomic E-state index is 14.4. The van der Waals surface area contributed by atoms with Crippen LogP contribution in [0.4, 0.5) is 8.78 Å². The van der Waals surface area contributed by atoms with Crippen molar-refractivity contribution in [2.24, 2.45) is 0 Å². The first-order chi connectivity index (χ1) is 16.0. The van der Waals surface area contributed by atoms with Crippen LogP contribution in [0.2, 0.25) is 0 Å². The molecule has 4 aromatic rings. The maximum absolute atomic E-state index is 14.4. The van der Waals surface area contributed by atoms with Crippen LogP contribution in [0, 0.1) is 18.6 Å². The highest BCUT2D eigenvalue weighted by Gasteiger charge is 2.39. The number of likely N-dealkylation sites (tertiary alicyclic amines) is 1. The molecule has 11 heteroatoms. The minimum atomic E-state index is -0.645. The van der Waals surface area contributed by atoms with Gasteiger partial charge in [-0.1, -0.05) is 17.3 Å². The van der Waals surface area contributed by atoms with Gasteiger partial charge in [0.1, 0.15) is 17.5 Å². The molecule has 0 radical (unpaired) electrons. The van der Waals surface area contributed by atoms with Crippen LogP contribution in [0.3, 0.4) is 0 Å². The Bertz CT molecular complexity index is 1340. The molecule has 2 aromatic heterocycles. The number of aromatic nitrogens is 5. The molecule has 0 saturated carbocycles. The second kappa shape index (κ2) is 8.08. The van der Waals surface area contributed by atoms with Crippen LogP contribution < -0.4 is 4.74 Å². The molecule has 3 heterocycles. The van der Waals surface area contributed by atoms with Crippen LogP contribution in [-0.4, -0.2) is 49.6 Å². The summed E-state index contributed by atoms with van der Waals surface area (Å²) in [5.41, 5.74) is 1.25. The molecular weight excluding hydrogens is 434 g/mol. The van der Waals surface area contributed by atoms with Gasteiger partial charge in [-0.05, 0) is 31.0 Å². The van der Waals surface area contributed by atoms with E-state index < -0.39 is 17.8 Å². The van der Waals surface area contributed by atoms with E-state index in [1.807, 2.05) is 0 Å². The Hall–Kier alpha value is -4.15. The molecule has 1 amide bonds. The molecule has 1 atom stereocenters. The third-order valence-corrected chi connectivity index (χ3v) is 5.65. The Morgan fingerprint density at radius 1 is 1.18 bits per heavy atom. The van der Waals surface area contributed by atoms with E-state index in [1.165, 1.54) is 41.3 Å². The molecule has 0 N–H and O–H groups in total. The lowest BCUT2D eigenvalue weighted by Crippen LogP contribution is -2.45. The lowest BCUT2D eigenvalue weighted by atomic mass is 10.00. The van der Waals surface area contributed by atoms with Gasteiger partial charge in [0.05, 0.1) is 25.1 Å². The predicted molar refractivity (Wildman–Crippen MR) is 111 cm³/mol. The number of amides is 1. The van der Waals surface area contributed by atoms with Crippen molar-refractivity contribution in [2.75, 3.05) is 13.7 Å². The summed E-state index contributed by atoms with van der Waals surface area (Å²) in [6.07, 6.45) is 3.46. The predicted octanol–water partition coefficient (Wildman–Crippen LogP) is 3.50. The van der Waals surface area contributed by atoms with E-state index in [1.54, 1.807) is 19.1 Å². The highest BCUT2D eigenvalue weighted by molar-refractivity contribution is 5.98. The van der Waals surface area contributed by atoms with E-state index in [0.29, 0.717) is 24.1 Å². The molecule has 168 valence electrons. The standard InChI is InChI=1S/C22H18F2N6O3/c1-12-13(4-3-5-15(12)23)20-27-21(33-28-20)17-6-9-29(17)22(31)14-10-19(32-2)16(24)11-18(14)30-25-7-8-26-30/h3-5,7-8,10-11,17H,6,9H2,1-2H3. The molecule has 2 aromatic carbocycles. The number of rotatable bonds is 5. The van der Waals surface area contributed by atoms with Gasteiger partial charge in [-0.15, -0.1) is 0 Å². The van der Waals surface area contributed by atoms with E-state index in [9.17, 15) is 13.6 Å². The fraction of sp³-hybridized carbons (Fsp3) is 0.227. The normalized spacial score (nSPS) is 15.4. The number of ether oxygens (including phenoxy) is 1. The number of carbonyl (C=O) groups is 1. The average molecular weight is 452 g/mol. The van der Waals surface area contributed by atoms with Crippen LogP contribution in [0.5, 0.6) is 5.75 Å². The minimum Gasteiger partial charge on any atom is -0.494 e. The number of hydrogen-bond acceptors (Lipinski definition) is 7. The summed E-state index contributed by atoms with van der Waals surface area (Å²) in [4.78, 5) is 20.5. The van der Waals surface area contributed by atoms with Crippen LogP contribution in [0.15, 0.2) is 47.2 Å². The highest BCUT2D eigenvalue weighted by atomic mass is 19.1. The number of halogens is 2. The van der Waals surface area contributed by atoms with Gasteiger partial charge in [0, 0.05) is 18.2 Å². The Kier molecular flexibility index (Phi) is 5.08. The SMILES string of the molecule is COc1cc(C(=O)N2CCC2c2nc(-c3cccc(F)c3C)no2)c(-n2nccn2)cc1F. The van der Waals surface area contributed by atoms with Crippen molar-refractivity contribution >= 4 is 5.91 Å². The van der Waals surface area contributed by atoms with E-state index in [2.05, 4.69) is 20.3 Å². The van der Waals surface area contributed by atoms with Gasteiger partial charge in [0.15, 0.2) is 11.6 Å². The summed E-state index contributed by atoms with van der Waals surface area (Å²) in [6, 6.07) is 6.63. The molecular formula is C22H18F2N6O3. The van der Waals surface area contributed by atoms with Crippen LogP contribution in [-0.2, 0) is 0 Å². The van der Waals surface area contributed by atoms with Crippen LogP contribution >= 0.6 is 0 Å². The fourth-order valence-electron chi connectivity index (χ4n) is 3.75. The molecule has 9 nitrogen and oxygen atoms in total. The largest absolute Gasteiger partial charge is 0.494 e. The zero-order chi connectivity index (χ0) is 23.1. The topological polar surface area (TPSA) is 99.2 Å². The average Bonchev–Trinajstić information content (AvgIpc) is 3.47. The minimum absolute atomic E-state index is 0.0759. The molecule has 5 rings (SSSR count). The van der Waals surface area contributed by atoms with Crippen molar-refractivity contribution in [3.63, 3.8) is 0 Å². The number of hydrogen-bond donors (Lipinski definition) is 0. The van der Waals surface area contributed by atoms with Crippen molar-refractivity contribution < 1.29 is 22.8 Å². The Labute approximate surface area is 186 Å². The van der Waals surface area contributed by atoms with Gasteiger partial charge < -0.3 is 14.2 Å². The Morgan fingerprint density at radius 2 is 1.97 bits per heavy atom. The van der Waals surface area contributed by atoms with Gasteiger partial charge >= 0.3 is 0 Å². The summed E-state index contributed by atoms with van der Waals surface area (Å²) in [5, 5.41) is 12.0. The molecule has 1 aliphatic heterocycles. The van der Waals surface area contributed by atoms with Crippen molar-refractivity contribution in [1.82, 2.24) is 30.0 Å². The van der Waals surface area contributed by atoms with Crippen molar-refractivity contribution in [3.8, 4) is 22.8 Å². The molecule has 1 saturated heterocycles. The van der Waals surface area contributed by atoms with Crippen molar-refractivity contribution in [1.29, 1.82) is 0 Å². The summed E-state index contributed by atoms with van der Waals surface area (Å²) in [7, 11) is 1.32. The number of carbonyl (C=O) groups excluding carboxylic acids is 1. The smallest absolute Gasteiger partial charge is 0.256 e. The second-order valence-electron chi connectivity index (χ2n) is 7.49. The van der Waals surface area contributed by atoms with Crippen molar-refractivity contribution in [2.45, 2.75) is 19.4 Å². The van der Waals surface area contributed by atoms with Gasteiger partial charge in [-0.25, -0.2) is 8.78 Å². The van der Waals surface area contributed by atoms with E-state index in [0.717, 1.165) is 6.07 Å². The Morgan fingerprint density at radius 3 is 2.67 bits per heavy atom. The first kappa shape index (κ1) is 20.7. The summed E-state index contributed by atoms with van der Waals surface area (Å²) in [6.45, 7) is 2.07. The van der Waals surface area contributed by atoms with Gasteiger partial charge in [0.2, 0.25) is 11.7 Å². The fourth-order valence-corrected chi connectivity index (χ4v) is 3.75. The molecule has 0 aliphatic carbocycles. The van der Waals surface area contributed by atoms with Crippen molar-refractivity contribution in [3.05, 3.63) is 71.4 Å². The summed E-state index contributed by atoms with van der Waals surface area (Å²) in [5.74, 6) is -1.00. The van der Waals surface area contributed by atoms with E-state index in [4.69, 9.17) is 9.26 Å². The number of nitrogens with zero attached hydrogens (tertiary/aromatic N) is 6. The molecule has 1 unspecified atom stereocenters. The van der Waals surface area contributed by atoms with E-state index >= 15 is 0 Å². The highest BCUT2D eigenvalue weighted by Crippen LogP contribution is 2.36. The second-order valence-corrected chi connectivity index (χ2v) is 7.49. The lowest BCUT2D eigenvalue weighted by Gasteiger charge is -2.38. The first-order valence-electron chi connectivity index (χ1n) is 10.1. The third-order valence-electron chi connectivity index (χ3n) is 5.65.